The molecule has 0 bridgehead atoms. The zero-order chi connectivity index (χ0) is 20.7. The zero-order valence-electron chi connectivity index (χ0n) is 16.3. The second kappa shape index (κ2) is 11.3. The van der Waals surface area contributed by atoms with Crippen molar-refractivity contribution in [1.82, 2.24) is 10.6 Å². The molecule has 2 aromatic carbocycles. The summed E-state index contributed by atoms with van der Waals surface area (Å²) in [5.74, 6) is 0.0776. The van der Waals surface area contributed by atoms with Crippen molar-refractivity contribution in [3.63, 3.8) is 0 Å². The standard InChI is InChI=1S/C20H23F4N3O.HI/c1-13(15-5-4-6-17(10-15)20(22,23)24)27-19(25-2)26-11-14-7-8-18(21)16(9-14)12-28-3;/h4-10,13H,11-12H2,1-3H3,(H2,25,26,27);1H. The highest BCUT2D eigenvalue weighted by Gasteiger charge is 2.30. The number of alkyl halides is 3. The van der Waals surface area contributed by atoms with Crippen LogP contribution >= 0.6 is 24.0 Å². The first-order valence-corrected chi connectivity index (χ1v) is 8.65. The Balaban J connectivity index is 0.00000420. The van der Waals surface area contributed by atoms with E-state index in [1.54, 1.807) is 32.2 Å². The van der Waals surface area contributed by atoms with Gasteiger partial charge in [-0.05, 0) is 42.3 Å². The van der Waals surface area contributed by atoms with Crippen LogP contribution in [-0.4, -0.2) is 20.1 Å². The number of nitrogens with one attached hydrogen (secondary N) is 2. The Labute approximate surface area is 184 Å². The minimum Gasteiger partial charge on any atom is -0.380 e. The van der Waals surface area contributed by atoms with Gasteiger partial charge in [-0.3, -0.25) is 4.99 Å². The molecule has 0 saturated heterocycles. The first kappa shape index (κ1) is 25.2. The van der Waals surface area contributed by atoms with E-state index < -0.39 is 17.8 Å². The molecule has 0 aliphatic rings. The number of hydrogen-bond donors (Lipinski definition) is 2. The number of hydrogen-bond acceptors (Lipinski definition) is 2. The molecule has 4 nitrogen and oxygen atoms in total. The Hall–Kier alpha value is -1.88. The van der Waals surface area contributed by atoms with Gasteiger partial charge >= 0.3 is 6.18 Å². The summed E-state index contributed by atoms with van der Waals surface area (Å²) in [7, 11) is 3.06. The van der Waals surface area contributed by atoms with Gasteiger partial charge in [0.2, 0.25) is 0 Å². The van der Waals surface area contributed by atoms with Crippen molar-refractivity contribution in [3.05, 3.63) is 70.5 Å². The van der Waals surface area contributed by atoms with Gasteiger partial charge in [-0.15, -0.1) is 24.0 Å². The lowest BCUT2D eigenvalue weighted by molar-refractivity contribution is -0.137. The smallest absolute Gasteiger partial charge is 0.380 e. The number of guanidine groups is 1. The van der Waals surface area contributed by atoms with Crippen LogP contribution in [0, 0.1) is 5.82 Å². The Morgan fingerprint density at radius 3 is 2.52 bits per heavy atom. The fourth-order valence-electron chi connectivity index (χ4n) is 2.66. The predicted molar refractivity (Wildman–Crippen MR) is 116 cm³/mol. The molecule has 2 rings (SSSR count). The van der Waals surface area contributed by atoms with Crippen LogP contribution < -0.4 is 10.6 Å². The molecule has 0 radical (unpaired) electrons. The van der Waals surface area contributed by atoms with E-state index in [1.807, 2.05) is 0 Å². The van der Waals surface area contributed by atoms with Crippen LogP contribution in [0.3, 0.4) is 0 Å². The SMILES string of the molecule is CN=C(NCc1ccc(F)c(COC)c1)NC(C)c1cccc(C(F)(F)F)c1.I. The molecule has 2 N–H and O–H groups in total. The van der Waals surface area contributed by atoms with Crippen molar-refractivity contribution in [3.8, 4) is 0 Å². The zero-order valence-corrected chi connectivity index (χ0v) is 18.6. The van der Waals surface area contributed by atoms with E-state index in [4.69, 9.17) is 4.74 Å². The van der Waals surface area contributed by atoms with E-state index in [1.165, 1.54) is 19.2 Å². The molecule has 0 aliphatic heterocycles. The third kappa shape index (κ3) is 7.46. The fourth-order valence-corrected chi connectivity index (χ4v) is 2.66. The van der Waals surface area contributed by atoms with E-state index in [0.29, 0.717) is 23.6 Å². The van der Waals surface area contributed by atoms with Crippen LogP contribution in [0.1, 0.15) is 35.2 Å². The molecule has 0 amide bonds. The molecule has 0 saturated carbocycles. The van der Waals surface area contributed by atoms with E-state index in [9.17, 15) is 17.6 Å². The normalized spacial score (nSPS) is 12.9. The van der Waals surface area contributed by atoms with Crippen LogP contribution in [0.5, 0.6) is 0 Å². The molecule has 2 aromatic rings. The summed E-state index contributed by atoms with van der Waals surface area (Å²) in [5, 5.41) is 6.13. The Morgan fingerprint density at radius 1 is 1.17 bits per heavy atom. The van der Waals surface area contributed by atoms with Crippen molar-refractivity contribution in [2.24, 2.45) is 4.99 Å². The largest absolute Gasteiger partial charge is 0.416 e. The third-order valence-corrected chi connectivity index (χ3v) is 4.16. The maximum absolute atomic E-state index is 13.7. The van der Waals surface area contributed by atoms with Crippen LogP contribution in [0.15, 0.2) is 47.5 Å². The Morgan fingerprint density at radius 2 is 1.90 bits per heavy atom. The highest BCUT2D eigenvalue weighted by atomic mass is 127. The summed E-state index contributed by atoms with van der Waals surface area (Å²) >= 11 is 0. The highest BCUT2D eigenvalue weighted by molar-refractivity contribution is 14.0. The van der Waals surface area contributed by atoms with E-state index >= 15 is 0 Å². The third-order valence-electron chi connectivity index (χ3n) is 4.16. The number of aliphatic imine (C=N–C) groups is 1. The Kier molecular flexibility index (Phi) is 9.84. The van der Waals surface area contributed by atoms with Gasteiger partial charge in [0, 0.05) is 26.3 Å². The number of rotatable bonds is 6. The first-order valence-electron chi connectivity index (χ1n) is 8.65. The maximum Gasteiger partial charge on any atom is 0.416 e. The van der Waals surface area contributed by atoms with Crippen molar-refractivity contribution in [2.45, 2.75) is 32.3 Å². The highest BCUT2D eigenvalue weighted by Crippen LogP contribution is 2.30. The molecule has 0 fully saturated rings. The minimum absolute atomic E-state index is 0. The summed E-state index contributed by atoms with van der Waals surface area (Å²) in [6, 6.07) is 9.45. The van der Waals surface area contributed by atoms with Crippen molar-refractivity contribution in [2.75, 3.05) is 14.2 Å². The minimum atomic E-state index is -4.39. The lowest BCUT2D eigenvalue weighted by Crippen LogP contribution is -2.38. The van der Waals surface area contributed by atoms with Gasteiger partial charge in [-0.25, -0.2) is 4.39 Å². The number of methoxy groups -OCH3 is 1. The fraction of sp³-hybridized carbons (Fsp3) is 0.350. The van der Waals surface area contributed by atoms with Gasteiger partial charge in [-0.2, -0.15) is 13.2 Å². The van der Waals surface area contributed by atoms with Gasteiger partial charge < -0.3 is 15.4 Å². The predicted octanol–water partition coefficient (Wildman–Crippen LogP) is 5.04. The summed E-state index contributed by atoms with van der Waals surface area (Å²) < 4.78 is 57.3. The second-order valence-electron chi connectivity index (χ2n) is 6.27. The van der Waals surface area contributed by atoms with Gasteiger partial charge in [0.05, 0.1) is 18.2 Å². The first-order chi connectivity index (χ1) is 13.2. The van der Waals surface area contributed by atoms with Crippen LogP contribution in [0.2, 0.25) is 0 Å². The average molecular weight is 525 g/mol. The van der Waals surface area contributed by atoms with E-state index in [0.717, 1.165) is 17.7 Å². The van der Waals surface area contributed by atoms with Gasteiger partial charge in [0.15, 0.2) is 5.96 Å². The summed E-state index contributed by atoms with van der Waals surface area (Å²) in [6.45, 7) is 2.28. The van der Waals surface area contributed by atoms with E-state index in [2.05, 4.69) is 15.6 Å². The molecule has 29 heavy (non-hydrogen) atoms. The molecule has 0 spiro atoms. The molecule has 1 unspecified atom stereocenters. The average Bonchev–Trinajstić information content (AvgIpc) is 2.66. The van der Waals surface area contributed by atoms with Crippen LogP contribution in [0.25, 0.3) is 0 Å². The second-order valence-corrected chi connectivity index (χ2v) is 6.27. The van der Waals surface area contributed by atoms with Crippen LogP contribution in [0.4, 0.5) is 17.6 Å². The molecule has 160 valence electrons. The van der Waals surface area contributed by atoms with Crippen molar-refractivity contribution < 1.29 is 22.3 Å². The quantitative estimate of drug-likeness (QED) is 0.241. The van der Waals surface area contributed by atoms with Crippen molar-refractivity contribution >= 4 is 29.9 Å². The number of halogens is 5. The molecule has 0 aliphatic carbocycles. The van der Waals surface area contributed by atoms with Crippen LogP contribution in [-0.2, 0) is 24.1 Å². The summed E-state index contributed by atoms with van der Waals surface area (Å²) in [5.41, 5.74) is 1.06. The van der Waals surface area contributed by atoms with Gasteiger partial charge in [-0.1, -0.05) is 18.2 Å². The number of nitrogens with zero attached hydrogens (tertiary/aromatic N) is 1. The summed E-state index contributed by atoms with van der Waals surface area (Å²) in [4.78, 5) is 4.09. The lowest BCUT2D eigenvalue weighted by Gasteiger charge is -2.19. The number of benzene rings is 2. The molecule has 0 heterocycles. The molecule has 1 atom stereocenters. The topological polar surface area (TPSA) is 45.7 Å². The molecular weight excluding hydrogens is 501 g/mol. The molecule has 0 aromatic heterocycles. The maximum atomic E-state index is 13.7. The number of ether oxygens (including phenoxy) is 1. The molecule has 9 heteroatoms. The summed E-state index contributed by atoms with van der Waals surface area (Å²) in [6.07, 6.45) is -4.39. The van der Waals surface area contributed by atoms with E-state index in [-0.39, 0.29) is 36.4 Å². The monoisotopic (exact) mass is 525 g/mol. The van der Waals surface area contributed by atoms with Gasteiger partial charge in [0.25, 0.3) is 0 Å². The Bertz CT molecular complexity index is 828. The molecular formula is C20H24F4IN3O. The van der Waals surface area contributed by atoms with Crippen molar-refractivity contribution in [1.29, 1.82) is 0 Å². The lowest BCUT2D eigenvalue weighted by atomic mass is 10.1. The van der Waals surface area contributed by atoms with Gasteiger partial charge in [0.1, 0.15) is 5.82 Å².